The lowest BCUT2D eigenvalue weighted by molar-refractivity contribution is 0.0650. The van der Waals surface area contributed by atoms with Crippen molar-refractivity contribution in [2.75, 3.05) is 13.1 Å². The van der Waals surface area contributed by atoms with Gasteiger partial charge in [-0.15, -0.1) is 0 Å². The summed E-state index contributed by atoms with van der Waals surface area (Å²) in [6.07, 6.45) is 7.82. The second-order valence-electron chi connectivity index (χ2n) is 13.5. The summed E-state index contributed by atoms with van der Waals surface area (Å²) in [5.74, 6) is -0.716. The number of amides is 2. The van der Waals surface area contributed by atoms with Gasteiger partial charge < -0.3 is 4.57 Å². The normalized spacial score (nSPS) is 13.2. The van der Waals surface area contributed by atoms with E-state index in [1.165, 1.54) is 14.6 Å². The topological polar surface area (TPSA) is 92.6 Å². The summed E-state index contributed by atoms with van der Waals surface area (Å²) < 4.78 is 31.0. The van der Waals surface area contributed by atoms with Crippen molar-refractivity contribution in [3.63, 3.8) is 0 Å². The minimum Gasteiger partial charge on any atom is -0.319 e. The van der Waals surface area contributed by atoms with Gasteiger partial charge in [-0.05, 0) is 72.2 Å². The largest absolute Gasteiger partial charge is 0.319 e. The van der Waals surface area contributed by atoms with Crippen LogP contribution in [0.25, 0.3) is 0 Å². The molecule has 0 fully saturated rings. The van der Waals surface area contributed by atoms with Crippen LogP contribution in [0.5, 0.6) is 0 Å². The average molecular weight is 769 g/mol. The Morgan fingerprint density at radius 3 is 1.76 bits per heavy atom. The molecule has 0 saturated carbocycles. The minimum absolute atomic E-state index is 0.107. The number of halogens is 1. The first-order valence-electron chi connectivity index (χ1n) is 18.3. The highest BCUT2D eigenvalue weighted by Gasteiger charge is 2.38. The van der Waals surface area contributed by atoms with E-state index in [9.17, 15) is 18.0 Å². The number of carbonyl (C=O) groups excluding carboxylic acids is 2. The number of benzene rings is 5. The fraction of sp³-hybridized carbons (Fsp3) is 0.178. The molecule has 278 valence electrons. The molecular weight excluding hydrogens is 728 g/mol. The van der Waals surface area contributed by atoms with Crippen molar-refractivity contribution >= 4 is 33.4 Å². The minimum atomic E-state index is -3.85. The standard InChI is InChI=1S/C45H41ClN4O4S/c46-39-27-25-35(26-28-39)32-49(29-15-30-50-43(51)41-23-12-13-24-42(41)44(50)52)55(53,54)31-14-4-11-22-40-33-48(34-47-40)45(36-16-5-1-6-17-36,37-18-7-2-8-19-37)38-20-9-3-10-21-38/h1-3,5-10,12-14,16-21,23-28,31,33-34H,4,11,15,22,29-30,32H2/b31-14+. The van der Waals surface area contributed by atoms with Crippen LogP contribution in [0.3, 0.4) is 0 Å². The molecule has 7 rings (SSSR count). The highest BCUT2D eigenvalue weighted by Crippen LogP contribution is 2.40. The van der Waals surface area contributed by atoms with Crippen LogP contribution in [0.15, 0.2) is 164 Å². The Bertz CT molecular complexity index is 2250. The fourth-order valence-corrected chi connectivity index (χ4v) is 8.67. The number of unbranched alkanes of at least 4 members (excludes halogenated alkanes) is 1. The Kier molecular flexibility index (Phi) is 11.5. The molecule has 0 spiro atoms. The van der Waals surface area contributed by atoms with Gasteiger partial charge in [0.15, 0.2) is 0 Å². The van der Waals surface area contributed by atoms with Crippen molar-refractivity contribution in [3.05, 3.63) is 208 Å². The number of hydrogen-bond donors (Lipinski definition) is 0. The van der Waals surface area contributed by atoms with Gasteiger partial charge in [-0.1, -0.05) is 133 Å². The number of imide groups is 1. The molecule has 8 nitrogen and oxygen atoms in total. The van der Waals surface area contributed by atoms with Crippen molar-refractivity contribution in [2.24, 2.45) is 0 Å². The summed E-state index contributed by atoms with van der Waals surface area (Å²) in [6, 6.07) is 45.0. The molecule has 2 amide bonds. The SMILES string of the molecule is O=C1c2ccccc2C(=O)N1CCCN(Cc1ccc(Cl)cc1)S(=O)(=O)/C=C/CCCc1cn(C(c2ccccc2)(c2ccccc2)c2ccccc2)cn1. The van der Waals surface area contributed by atoms with Gasteiger partial charge in [0.25, 0.3) is 11.8 Å². The summed E-state index contributed by atoms with van der Waals surface area (Å²) in [7, 11) is -3.85. The van der Waals surface area contributed by atoms with E-state index in [4.69, 9.17) is 16.6 Å². The van der Waals surface area contributed by atoms with Gasteiger partial charge in [-0.25, -0.2) is 13.4 Å². The summed E-state index contributed by atoms with van der Waals surface area (Å²) in [6.45, 7) is 0.344. The zero-order valence-corrected chi connectivity index (χ0v) is 31.8. The van der Waals surface area contributed by atoms with Crippen molar-refractivity contribution in [1.82, 2.24) is 18.8 Å². The third-order valence-electron chi connectivity index (χ3n) is 9.97. The van der Waals surface area contributed by atoms with Crippen molar-refractivity contribution in [3.8, 4) is 0 Å². The highest BCUT2D eigenvalue weighted by atomic mass is 35.5. The molecule has 5 aromatic carbocycles. The molecule has 6 aromatic rings. The van der Waals surface area contributed by atoms with E-state index < -0.39 is 15.6 Å². The Morgan fingerprint density at radius 2 is 1.22 bits per heavy atom. The molecule has 0 bridgehead atoms. The monoisotopic (exact) mass is 768 g/mol. The van der Waals surface area contributed by atoms with Gasteiger partial charge in [0.05, 0.1) is 23.1 Å². The maximum Gasteiger partial charge on any atom is 0.261 e. The molecule has 0 aliphatic carbocycles. The van der Waals surface area contributed by atoms with E-state index in [1.807, 2.05) is 24.5 Å². The number of imidazole rings is 1. The zero-order valence-electron chi connectivity index (χ0n) is 30.2. The number of aryl methyl sites for hydroxylation is 1. The molecule has 55 heavy (non-hydrogen) atoms. The van der Waals surface area contributed by atoms with Crippen LogP contribution in [0, 0.1) is 0 Å². The summed E-state index contributed by atoms with van der Waals surface area (Å²) in [4.78, 5) is 31.8. The van der Waals surface area contributed by atoms with Gasteiger partial charge in [0.1, 0.15) is 5.54 Å². The lowest BCUT2D eigenvalue weighted by Crippen LogP contribution is -2.36. The number of hydrogen-bond acceptors (Lipinski definition) is 5. The first-order valence-corrected chi connectivity index (χ1v) is 20.2. The average Bonchev–Trinajstić information content (AvgIpc) is 3.78. The Labute approximate surface area is 327 Å². The van der Waals surface area contributed by atoms with Crippen LogP contribution >= 0.6 is 11.6 Å². The van der Waals surface area contributed by atoms with Gasteiger partial charge >= 0.3 is 0 Å². The fourth-order valence-electron chi connectivity index (χ4n) is 7.28. The molecule has 1 aliphatic heterocycles. The third-order valence-corrected chi connectivity index (χ3v) is 11.8. The van der Waals surface area contributed by atoms with Crippen molar-refractivity contribution in [1.29, 1.82) is 0 Å². The van der Waals surface area contributed by atoms with Crippen LogP contribution in [0.1, 0.15) is 67.9 Å². The molecule has 0 atom stereocenters. The molecule has 1 aromatic heterocycles. The Hall–Kier alpha value is -5.61. The maximum absolute atomic E-state index is 13.7. The molecule has 0 saturated heterocycles. The van der Waals surface area contributed by atoms with Gasteiger partial charge in [-0.3, -0.25) is 14.5 Å². The molecular formula is C45H41ClN4O4S. The Morgan fingerprint density at radius 1 is 0.691 bits per heavy atom. The molecule has 0 unspecified atom stereocenters. The quantitative estimate of drug-likeness (QED) is 0.0558. The lowest BCUT2D eigenvalue weighted by atomic mass is 9.77. The van der Waals surface area contributed by atoms with Crippen LogP contribution in [0.2, 0.25) is 5.02 Å². The predicted octanol–water partition coefficient (Wildman–Crippen LogP) is 8.73. The lowest BCUT2D eigenvalue weighted by Gasteiger charge is -2.37. The van der Waals surface area contributed by atoms with Crippen LogP contribution in [-0.4, -0.2) is 52.1 Å². The van der Waals surface area contributed by atoms with E-state index in [1.54, 1.807) is 54.6 Å². The number of aromatic nitrogens is 2. The first-order chi connectivity index (χ1) is 26.8. The van der Waals surface area contributed by atoms with Gasteiger partial charge in [0, 0.05) is 36.3 Å². The summed E-state index contributed by atoms with van der Waals surface area (Å²) in [5, 5.41) is 1.81. The van der Waals surface area contributed by atoms with E-state index in [0.717, 1.165) is 27.9 Å². The van der Waals surface area contributed by atoms with Gasteiger partial charge in [-0.2, -0.15) is 4.31 Å². The van der Waals surface area contributed by atoms with Crippen molar-refractivity contribution in [2.45, 2.75) is 37.8 Å². The molecule has 1 aliphatic rings. The van der Waals surface area contributed by atoms with Gasteiger partial charge in [0.2, 0.25) is 10.0 Å². The second-order valence-corrected chi connectivity index (χ2v) is 15.8. The van der Waals surface area contributed by atoms with E-state index in [2.05, 4.69) is 83.6 Å². The summed E-state index contributed by atoms with van der Waals surface area (Å²) in [5.41, 5.74) is 5.09. The van der Waals surface area contributed by atoms with Crippen LogP contribution in [-0.2, 0) is 28.5 Å². The molecule has 0 N–H and O–H groups in total. The molecule has 10 heteroatoms. The zero-order chi connectivity index (χ0) is 38.3. The van der Waals surface area contributed by atoms with E-state index >= 15 is 0 Å². The van der Waals surface area contributed by atoms with Crippen LogP contribution in [0.4, 0.5) is 0 Å². The molecule has 0 radical (unpaired) electrons. The van der Waals surface area contributed by atoms with Crippen LogP contribution < -0.4 is 0 Å². The Balaban J connectivity index is 1.04. The smallest absolute Gasteiger partial charge is 0.261 e. The van der Waals surface area contributed by atoms with E-state index in [0.29, 0.717) is 35.4 Å². The number of rotatable bonds is 16. The number of carbonyl (C=O) groups is 2. The first kappa shape index (κ1) is 37.7. The highest BCUT2D eigenvalue weighted by molar-refractivity contribution is 7.92. The second kappa shape index (κ2) is 16.8. The number of allylic oxidation sites excluding steroid dienone is 1. The number of nitrogens with zero attached hydrogens (tertiary/aromatic N) is 4. The maximum atomic E-state index is 13.7. The number of sulfonamides is 1. The summed E-state index contributed by atoms with van der Waals surface area (Å²) >= 11 is 6.09. The predicted molar refractivity (Wildman–Crippen MR) is 216 cm³/mol. The third kappa shape index (κ3) is 8.10. The van der Waals surface area contributed by atoms with Crippen molar-refractivity contribution < 1.29 is 18.0 Å². The molecule has 2 heterocycles. The number of fused-ring (bicyclic) bond motifs is 1. The van der Waals surface area contributed by atoms with E-state index in [-0.39, 0.29) is 37.9 Å².